The number of nitrogen functional groups attached to an aromatic ring is 1. The summed E-state index contributed by atoms with van der Waals surface area (Å²) in [6.07, 6.45) is 1.84. The van der Waals surface area contributed by atoms with Crippen molar-refractivity contribution in [1.29, 1.82) is 0 Å². The van der Waals surface area contributed by atoms with Gasteiger partial charge in [0.2, 0.25) is 0 Å². The molecule has 1 fully saturated rings. The Morgan fingerprint density at radius 1 is 1.41 bits per heavy atom. The highest BCUT2D eigenvalue weighted by atomic mass is 16.5. The van der Waals surface area contributed by atoms with Gasteiger partial charge >= 0.3 is 0 Å². The molecule has 0 radical (unpaired) electrons. The van der Waals surface area contributed by atoms with Crippen LogP contribution in [0.5, 0.6) is 0 Å². The molecule has 90 valence electrons. The lowest BCUT2D eigenvalue weighted by atomic mass is 9.96. The van der Waals surface area contributed by atoms with Gasteiger partial charge in [0, 0.05) is 31.3 Å². The van der Waals surface area contributed by atoms with E-state index in [-0.39, 0.29) is 5.56 Å². The molecule has 6 heteroatoms. The van der Waals surface area contributed by atoms with E-state index in [0.29, 0.717) is 17.4 Å². The van der Waals surface area contributed by atoms with Crippen molar-refractivity contribution in [2.75, 3.05) is 18.9 Å². The molecule has 3 heterocycles. The van der Waals surface area contributed by atoms with E-state index in [1.54, 1.807) is 12.1 Å². The maximum absolute atomic E-state index is 11.9. The predicted octanol–water partition coefficient (Wildman–Crippen LogP) is 0.499. The zero-order chi connectivity index (χ0) is 11.8. The molecule has 3 rings (SSSR count). The Bertz CT molecular complexity index is 595. The molecule has 0 saturated carbocycles. The molecule has 0 amide bonds. The Hall–Kier alpha value is -1.82. The Labute approximate surface area is 97.4 Å². The fraction of sp³-hybridized carbons (Fsp3) is 0.455. The third-order valence-electron chi connectivity index (χ3n) is 3.13. The quantitative estimate of drug-likeness (QED) is 0.752. The summed E-state index contributed by atoms with van der Waals surface area (Å²) in [5, 5.41) is 2.75. The van der Waals surface area contributed by atoms with E-state index in [1.807, 2.05) is 0 Å². The van der Waals surface area contributed by atoms with Gasteiger partial charge in [0.1, 0.15) is 5.82 Å². The molecular weight excluding hydrogens is 220 g/mol. The minimum Gasteiger partial charge on any atom is -0.384 e. The predicted molar refractivity (Wildman–Crippen MR) is 63.0 cm³/mol. The van der Waals surface area contributed by atoms with E-state index in [2.05, 4.69) is 10.1 Å². The van der Waals surface area contributed by atoms with Crippen molar-refractivity contribution < 1.29 is 4.74 Å². The van der Waals surface area contributed by atoms with Gasteiger partial charge in [-0.2, -0.15) is 4.52 Å². The number of hydrogen-bond acceptors (Lipinski definition) is 4. The highest BCUT2D eigenvalue weighted by Gasteiger charge is 2.18. The first kappa shape index (κ1) is 10.3. The van der Waals surface area contributed by atoms with Crippen LogP contribution in [0.15, 0.2) is 16.9 Å². The number of anilines is 1. The molecule has 6 nitrogen and oxygen atoms in total. The van der Waals surface area contributed by atoms with E-state index >= 15 is 0 Å². The van der Waals surface area contributed by atoms with Gasteiger partial charge in [-0.1, -0.05) is 0 Å². The first-order chi connectivity index (χ1) is 8.24. The molecular formula is C11H14N4O2. The van der Waals surface area contributed by atoms with Crippen LogP contribution in [0, 0.1) is 0 Å². The zero-order valence-corrected chi connectivity index (χ0v) is 9.35. The number of nitrogens with two attached hydrogens (primary N) is 1. The second-order valence-corrected chi connectivity index (χ2v) is 4.31. The average Bonchev–Trinajstić information content (AvgIpc) is 2.71. The lowest BCUT2D eigenvalue weighted by Gasteiger charge is -2.21. The number of fused-ring (bicyclic) bond motifs is 1. The Morgan fingerprint density at radius 3 is 2.94 bits per heavy atom. The van der Waals surface area contributed by atoms with Crippen molar-refractivity contribution >= 4 is 11.5 Å². The van der Waals surface area contributed by atoms with Crippen LogP contribution in [-0.4, -0.2) is 27.8 Å². The zero-order valence-electron chi connectivity index (χ0n) is 9.35. The van der Waals surface area contributed by atoms with E-state index in [9.17, 15) is 4.79 Å². The molecule has 1 aliphatic heterocycles. The lowest BCUT2D eigenvalue weighted by molar-refractivity contribution is 0.0845. The van der Waals surface area contributed by atoms with Crippen LogP contribution in [0.25, 0.3) is 5.65 Å². The number of nitrogens with zero attached hydrogens (tertiary/aromatic N) is 2. The first-order valence-corrected chi connectivity index (χ1v) is 5.70. The molecule has 0 bridgehead atoms. The highest BCUT2D eigenvalue weighted by molar-refractivity contribution is 5.48. The number of H-pyrrole nitrogens is 1. The molecule has 1 saturated heterocycles. The largest absolute Gasteiger partial charge is 0.384 e. The summed E-state index contributed by atoms with van der Waals surface area (Å²) in [5.74, 6) is 0.760. The minimum atomic E-state index is -0.117. The number of rotatable bonds is 1. The fourth-order valence-corrected chi connectivity index (χ4v) is 2.23. The first-order valence-electron chi connectivity index (χ1n) is 5.70. The summed E-state index contributed by atoms with van der Waals surface area (Å²) >= 11 is 0. The molecule has 3 N–H and O–H groups in total. The number of aromatic nitrogens is 3. The normalized spacial score (nSPS) is 17.6. The Morgan fingerprint density at radius 2 is 2.18 bits per heavy atom. The second kappa shape index (κ2) is 3.89. The summed E-state index contributed by atoms with van der Waals surface area (Å²) in [7, 11) is 0. The summed E-state index contributed by atoms with van der Waals surface area (Å²) in [6.45, 7) is 1.47. The van der Waals surface area contributed by atoms with Gasteiger partial charge in [0.25, 0.3) is 5.56 Å². The van der Waals surface area contributed by atoms with Crippen molar-refractivity contribution in [2.24, 2.45) is 0 Å². The van der Waals surface area contributed by atoms with E-state index < -0.39 is 0 Å². The number of hydrogen-bond donors (Lipinski definition) is 2. The maximum Gasteiger partial charge on any atom is 0.272 e. The van der Waals surface area contributed by atoms with Crippen molar-refractivity contribution in [2.45, 2.75) is 18.8 Å². The van der Waals surface area contributed by atoms with Crippen LogP contribution in [0.2, 0.25) is 0 Å². The van der Waals surface area contributed by atoms with Gasteiger partial charge in [0.05, 0.1) is 5.69 Å². The molecule has 1 aliphatic rings. The van der Waals surface area contributed by atoms with Gasteiger partial charge in [-0.05, 0) is 12.8 Å². The summed E-state index contributed by atoms with van der Waals surface area (Å²) < 4.78 is 6.67. The van der Waals surface area contributed by atoms with Gasteiger partial charge < -0.3 is 10.5 Å². The number of ether oxygens (including phenoxy) is 1. The van der Waals surface area contributed by atoms with Gasteiger partial charge in [-0.3, -0.25) is 9.89 Å². The van der Waals surface area contributed by atoms with Crippen molar-refractivity contribution in [3.05, 3.63) is 28.2 Å². The average molecular weight is 234 g/mol. The monoisotopic (exact) mass is 234 g/mol. The number of aromatic amines is 1. The van der Waals surface area contributed by atoms with Crippen molar-refractivity contribution in [1.82, 2.24) is 14.6 Å². The van der Waals surface area contributed by atoms with Gasteiger partial charge in [0.15, 0.2) is 5.65 Å². The minimum absolute atomic E-state index is 0.117. The maximum atomic E-state index is 11.9. The summed E-state index contributed by atoms with van der Waals surface area (Å²) in [6, 6.07) is 3.25. The van der Waals surface area contributed by atoms with Crippen LogP contribution < -0.4 is 11.3 Å². The standard InChI is InChI=1S/C11H14N4O2/c12-9-6-10-13-8(5-11(16)15(10)14-9)7-1-3-17-4-2-7/h5-7,14H,1-4,12H2. The van der Waals surface area contributed by atoms with E-state index in [1.165, 1.54) is 4.52 Å². The molecule has 0 aromatic carbocycles. The third-order valence-corrected chi connectivity index (χ3v) is 3.13. The SMILES string of the molecule is Nc1cc2nc(C3CCOCC3)cc(=O)n2[nH]1. The Balaban J connectivity index is 2.08. The molecule has 0 atom stereocenters. The van der Waals surface area contributed by atoms with Crippen LogP contribution in [0.3, 0.4) is 0 Å². The van der Waals surface area contributed by atoms with Crippen molar-refractivity contribution in [3.63, 3.8) is 0 Å². The topological polar surface area (TPSA) is 85.4 Å². The van der Waals surface area contributed by atoms with Crippen LogP contribution in [0.4, 0.5) is 5.82 Å². The number of nitrogens with one attached hydrogen (secondary N) is 1. The van der Waals surface area contributed by atoms with Crippen LogP contribution in [-0.2, 0) is 4.74 Å². The van der Waals surface area contributed by atoms with Gasteiger partial charge in [-0.25, -0.2) is 4.98 Å². The molecule has 17 heavy (non-hydrogen) atoms. The molecule has 0 aliphatic carbocycles. The second-order valence-electron chi connectivity index (χ2n) is 4.31. The smallest absolute Gasteiger partial charge is 0.272 e. The molecule has 2 aromatic rings. The fourth-order valence-electron chi connectivity index (χ4n) is 2.23. The molecule has 2 aromatic heterocycles. The summed E-state index contributed by atoms with van der Waals surface area (Å²) in [4.78, 5) is 16.3. The molecule has 0 unspecified atom stereocenters. The van der Waals surface area contributed by atoms with E-state index in [4.69, 9.17) is 10.5 Å². The highest BCUT2D eigenvalue weighted by Crippen LogP contribution is 2.24. The summed E-state index contributed by atoms with van der Waals surface area (Å²) in [5.41, 5.74) is 6.92. The molecule has 0 spiro atoms. The van der Waals surface area contributed by atoms with E-state index in [0.717, 1.165) is 31.7 Å². The van der Waals surface area contributed by atoms with Crippen molar-refractivity contribution in [3.8, 4) is 0 Å². The van der Waals surface area contributed by atoms with Crippen LogP contribution >= 0.6 is 0 Å². The Kier molecular flexibility index (Phi) is 2.36. The van der Waals surface area contributed by atoms with Gasteiger partial charge in [-0.15, -0.1) is 0 Å². The third kappa shape index (κ3) is 1.80. The van der Waals surface area contributed by atoms with Crippen LogP contribution in [0.1, 0.15) is 24.5 Å². The lowest BCUT2D eigenvalue weighted by Crippen LogP contribution is -2.20.